The fraction of sp³-hybridized carbons (Fsp3) is 0.214. The van der Waals surface area contributed by atoms with Gasteiger partial charge >= 0.3 is 5.97 Å². The van der Waals surface area contributed by atoms with Gasteiger partial charge in [-0.1, -0.05) is 29.3 Å². The second-order valence-corrected chi connectivity index (χ2v) is 9.29. The van der Waals surface area contributed by atoms with E-state index in [9.17, 15) is 9.59 Å². The van der Waals surface area contributed by atoms with Crippen molar-refractivity contribution in [3.8, 4) is 5.69 Å². The molecule has 1 amide bonds. The molecule has 0 unspecified atom stereocenters. The van der Waals surface area contributed by atoms with Crippen LogP contribution in [0.5, 0.6) is 0 Å². The molecule has 0 spiro atoms. The molecule has 0 bridgehead atoms. The van der Waals surface area contributed by atoms with Crippen molar-refractivity contribution in [3.63, 3.8) is 0 Å². The van der Waals surface area contributed by atoms with Gasteiger partial charge in [0.25, 0.3) is 5.91 Å². The van der Waals surface area contributed by atoms with Crippen LogP contribution in [0, 0.1) is 20.8 Å². The Balaban J connectivity index is 1.84. The lowest BCUT2D eigenvalue weighted by atomic mass is 10.0. The number of carbonyl (C=O) groups is 2. The number of anilines is 1. The average Bonchev–Trinajstić information content (AvgIpc) is 3.22. The van der Waals surface area contributed by atoms with E-state index in [0.29, 0.717) is 21.4 Å². The summed E-state index contributed by atoms with van der Waals surface area (Å²) in [6.45, 7) is 9.63. The number of aryl methyl sites for hydroxylation is 2. The maximum Gasteiger partial charge on any atom is 0.340 e. The van der Waals surface area contributed by atoms with Gasteiger partial charge in [-0.05, 0) is 94.3 Å². The predicted octanol–water partition coefficient (Wildman–Crippen LogP) is 6.98. The normalized spacial score (nSPS) is 14.9. The monoisotopic (exact) mass is 508 g/mol. The first-order valence-electron chi connectivity index (χ1n) is 11.3. The van der Waals surface area contributed by atoms with Gasteiger partial charge in [0, 0.05) is 38.5 Å². The zero-order valence-corrected chi connectivity index (χ0v) is 21.8. The molecule has 2 aromatic carbocycles. The molecule has 0 fully saturated rings. The molecule has 0 atom stereocenters. The van der Waals surface area contributed by atoms with Crippen LogP contribution in [0.15, 0.2) is 65.4 Å². The Labute approximate surface area is 215 Å². The molecular formula is C28H26Cl2N2O3. The molecule has 3 aromatic rings. The van der Waals surface area contributed by atoms with Crippen LogP contribution in [0.3, 0.4) is 0 Å². The Morgan fingerprint density at radius 2 is 1.63 bits per heavy atom. The predicted molar refractivity (Wildman–Crippen MR) is 141 cm³/mol. The Morgan fingerprint density at radius 1 is 0.971 bits per heavy atom. The van der Waals surface area contributed by atoms with E-state index in [1.54, 1.807) is 44.2 Å². The summed E-state index contributed by atoms with van der Waals surface area (Å²) in [5.41, 5.74) is 6.35. The number of hydrogen-bond donors (Lipinski definition) is 0. The first kappa shape index (κ1) is 24.8. The maximum absolute atomic E-state index is 13.6. The summed E-state index contributed by atoms with van der Waals surface area (Å²) >= 11 is 12.4. The van der Waals surface area contributed by atoms with Crippen LogP contribution in [-0.4, -0.2) is 23.1 Å². The number of ether oxygens (including phenoxy) is 1. The van der Waals surface area contributed by atoms with Crippen molar-refractivity contribution in [1.29, 1.82) is 0 Å². The summed E-state index contributed by atoms with van der Waals surface area (Å²) in [4.78, 5) is 28.1. The lowest BCUT2D eigenvalue weighted by Gasteiger charge is -2.18. The van der Waals surface area contributed by atoms with Gasteiger partial charge in [0.15, 0.2) is 0 Å². The second kappa shape index (κ2) is 9.76. The van der Waals surface area contributed by atoms with Crippen LogP contribution in [0.25, 0.3) is 11.8 Å². The number of aromatic nitrogens is 1. The summed E-state index contributed by atoms with van der Waals surface area (Å²) < 4.78 is 7.39. The minimum Gasteiger partial charge on any atom is -0.462 e. The number of benzene rings is 2. The SMILES string of the molecule is CCOC(=O)C1=C(C)N(c2ccc(Cl)cc2)C(=O)/C1=C\c1cc(C)n(-c2ccc(C)c(Cl)c2)c1C. The molecule has 2 heterocycles. The molecule has 180 valence electrons. The molecule has 0 radical (unpaired) electrons. The van der Waals surface area contributed by atoms with Gasteiger partial charge in [-0.2, -0.15) is 0 Å². The van der Waals surface area contributed by atoms with E-state index in [-0.39, 0.29) is 23.7 Å². The minimum absolute atomic E-state index is 0.209. The third kappa shape index (κ3) is 4.54. The van der Waals surface area contributed by atoms with Crippen molar-refractivity contribution in [3.05, 3.63) is 97.9 Å². The molecule has 5 nitrogen and oxygen atoms in total. The van der Waals surface area contributed by atoms with Crippen LogP contribution in [0.4, 0.5) is 5.69 Å². The molecule has 1 aliphatic rings. The Bertz CT molecular complexity index is 1400. The van der Waals surface area contributed by atoms with Gasteiger partial charge in [-0.25, -0.2) is 4.79 Å². The third-order valence-electron chi connectivity index (χ3n) is 6.15. The zero-order chi connectivity index (χ0) is 25.4. The van der Waals surface area contributed by atoms with E-state index in [4.69, 9.17) is 27.9 Å². The molecule has 0 aliphatic carbocycles. The van der Waals surface area contributed by atoms with E-state index in [1.165, 1.54) is 4.90 Å². The fourth-order valence-corrected chi connectivity index (χ4v) is 4.69. The number of carbonyl (C=O) groups excluding carboxylic acids is 2. The van der Waals surface area contributed by atoms with Gasteiger partial charge in [-0.3, -0.25) is 9.69 Å². The molecule has 1 aliphatic heterocycles. The Kier molecular flexibility index (Phi) is 6.93. The van der Waals surface area contributed by atoms with Crippen LogP contribution in [0.1, 0.15) is 36.4 Å². The van der Waals surface area contributed by atoms with Crippen molar-refractivity contribution in [2.24, 2.45) is 0 Å². The summed E-state index contributed by atoms with van der Waals surface area (Å²) in [7, 11) is 0. The Morgan fingerprint density at radius 3 is 2.26 bits per heavy atom. The lowest BCUT2D eigenvalue weighted by molar-refractivity contribution is -0.138. The van der Waals surface area contributed by atoms with Crippen molar-refractivity contribution in [2.45, 2.75) is 34.6 Å². The first-order chi connectivity index (χ1) is 16.6. The lowest BCUT2D eigenvalue weighted by Crippen LogP contribution is -2.24. The van der Waals surface area contributed by atoms with Crippen LogP contribution >= 0.6 is 23.2 Å². The van der Waals surface area contributed by atoms with Gasteiger partial charge in [0.05, 0.1) is 17.8 Å². The number of amides is 1. The summed E-state index contributed by atoms with van der Waals surface area (Å²) in [5, 5.41) is 1.25. The van der Waals surface area contributed by atoms with Gasteiger partial charge in [-0.15, -0.1) is 0 Å². The molecule has 0 saturated carbocycles. The standard InChI is InChI=1S/C28H26Cl2N2O3/c1-6-35-28(34)26-19(5)32(22-11-8-21(29)9-12-22)27(33)24(26)14-20-13-17(3)31(18(20)4)23-10-7-16(2)25(30)15-23/h7-15H,6H2,1-5H3/b24-14-. The quantitative estimate of drug-likeness (QED) is 0.276. The van der Waals surface area contributed by atoms with E-state index < -0.39 is 5.97 Å². The van der Waals surface area contributed by atoms with Crippen molar-refractivity contribution < 1.29 is 14.3 Å². The van der Waals surface area contributed by atoms with E-state index in [2.05, 4.69) is 4.57 Å². The molecule has 0 N–H and O–H groups in total. The number of allylic oxidation sites excluding steroid dienone is 1. The fourth-order valence-electron chi connectivity index (χ4n) is 4.39. The number of esters is 1. The molecular weight excluding hydrogens is 483 g/mol. The maximum atomic E-state index is 13.6. The van der Waals surface area contributed by atoms with Crippen molar-refractivity contribution in [2.75, 3.05) is 11.5 Å². The van der Waals surface area contributed by atoms with Crippen LogP contribution < -0.4 is 4.90 Å². The van der Waals surface area contributed by atoms with Crippen LogP contribution in [-0.2, 0) is 14.3 Å². The van der Waals surface area contributed by atoms with Gasteiger partial charge in [0.2, 0.25) is 0 Å². The summed E-state index contributed by atoms with van der Waals surface area (Å²) in [5.74, 6) is -0.823. The second-order valence-electron chi connectivity index (χ2n) is 8.45. The molecule has 7 heteroatoms. The van der Waals surface area contributed by atoms with Crippen molar-refractivity contribution in [1.82, 2.24) is 4.57 Å². The largest absolute Gasteiger partial charge is 0.462 e. The highest BCUT2D eigenvalue weighted by atomic mass is 35.5. The van der Waals surface area contributed by atoms with E-state index >= 15 is 0 Å². The highest BCUT2D eigenvalue weighted by molar-refractivity contribution is 6.31. The number of halogens is 2. The third-order valence-corrected chi connectivity index (χ3v) is 6.81. The van der Waals surface area contributed by atoms with E-state index in [1.807, 2.05) is 45.0 Å². The molecule has 4 rings (SSSR count). The topological polar surface area (TPSA) is 51.5 Å². The summed E-state index contributed by atoms with van der Waals surface area (Å²) in [6, 6.07) is 14.8. The number of rotatable bonds is 5. The van der Waals surface area contributed by atoms with Crippen molar-refractivity contribution >= 4 is 46.8 Å². The average molecular weight is 509 g/mol. The smallest absolute Gasteiger partial charge is 0.340 e. The number of nitrogens with zero attached hydrogens (tertiary/aromatic N) is 2. The van der Waals surface area contributed by atoms with Gasteiger partial charge < -0.3 is 9.30 Å². The first-order valence-corrected chi connectivity index (χ1v) is 12.0. The molecule has 1 aromatic heterocycles. The molecule has 0 saturated heterocycles. The zero-order valence-electron chi connectivity index (χ0n) is 20.3. The molecule has 35 heavy (non-hydrogen) atoms. The highest BCUT2D eigenvalue weighted by Gasteiger charge is 2.38. The highest BCUT2D eigenvalue weighted by Crippen LogP contribution is 2.37. The number of hydrogen-bond acceptors (Lipinski definition) is 3. The Hall–Kier alpha value is -3.28. The van der Waals surface area contributed by atoms with Crippen LogP contribution in [0.2, 0.25) is 10.0 Å². The van der Waals surface area contributed by atoms with Gasteiger partial charge in [0.1, 0.15) is 0 Å². The summed E-state index contributed by atoms with van der Waals surface area (Å²) in [6.07, 6.45) is 1.77. The van der Waals surface area contributed by atoms with E-state index in [0.717, 1.165) is 28.2 Å². The minimum atomic E-state index is -0.528.